The summed E-state index contributed by atoms with van der Waals surface area (Å²) in [5.74, 6) is 1.36. The fraction of sp³-hybridized carbons (Fsp3) is 0.261. The van der Waals surface area contributed by atoms with Gasteiger partial charge in [0.1, 0.15) is 29.6 Å². The zero-order valence-electron chi connectivity index (χ0n) is 18.1. The first-order chi connectivity index (χ1) is 16.5. The molecule has 4 N–H and O–H groups in total. The molecule has 0 bridgehead atoms. The Bertz CT molecular complexity index is 1220. The molecule has 1 aliphatic rings. The molecular weight excluding hydrogens is 459 g/mol. The van der Waals surface area contributed by atoms with Gasteiger partial charge in [0.15, 0.2) is 0 Å². The maximum Gasteiger partial charge on any atom is 0.149 e. The van der Waals surface area contributed by atoms with E-state index >= 15 is 0 Å². The summed E-state index contributed by atoms with van der Waals surface area (Å²) in [6.07, 6.45) is 5.83. The Morgan fingerprint density at radius 3 is 2.62 bits per heavy atom. The number of anilines is 5. The maximum absolute atomic E-state index is 14.5. The smallest absolute Gasteiger partial charge is 0.149 e. The summed E-state index contributed by atoms with van der Waals surface area (Å²) in [6, 6.07) is 7.74. The van der Waals surface area contributed by atoms with Crippen LogP contribution in [0.3, 0.4) is 0 Å². The van der Waals surface area contributed by atoms with Crippen LogP contribution in [0.1, 0.15) is 24.0 Å². The zero-order chi connectivity index (χ0) is 24.1. The van der Waals surface area contributed by atoms with E-state index in [4.69, 9.17) is 22.3 Å². The van der Waals surface area contributed by atoms with Gasteiger partial charge < -0.3 is 26.0 Å². The number of nitrogens with one attached hydrogen (secondary N) is 3. The Morgan fingerprint density at radius 2 is 1.94 bits per heavy atom. The first-order valence-corrected chi connectivity index (χ1v) is 11.0. The van der Waals surface area contributed by atoms with Crippen LogP contribution in [0.2, 0.25) is 5.02 Å². The van der Waals surface area contributed by atoms with Crippen molar-refractivity contribution in [1.82, 2.24) is 15.0 Å². The SMILES string of the molecule is N#Cc1cc(F)c(Nc2cc(Nc3cc(N4CCC(CO)CC4)ncn3)ncc2C=N)c(Cl)c1. The van der Waals surface area contributed by atoms with Gasteiger partial charge in [-0.25, -0.2) is 19.3 Å². The van der Waals surface area contributed by atoms with Gasteiger partial charge in [-0.3, -0.25) is 0 Å². The molecule has 3 heterocycles. The Kier molecular flexibility index (Phi) is 7.15. The summed E-state index contributed by atoms with van der Waals surface area (Å²) in [5.41, 5.74) is 0.924. The summed E-state index contributed by atoms with van der Waals surface area (Å²) in [7, 11) is 0. The fourth-order valence-electron chi connectivity index (χ4n) is 3.71. The van der Waals surface area contributed by atoms with Crippen molar-refractivity contribution in [1.29, 1.82) is 10.7 Å². The first kappa shape index (κ1) is 23.4. The summed E-state index contributed by atoms with van der Waals surface area (Å²) in [5, 5.41) is 32.0. The Labute approximate surface area is 200 Å². The predicted octanol–water partition coefficient (Wildman–Crippen LogP) is 4.23. The highest BCUT2D eigenvalue weighted by Crippen LogP contribution is 2.32. The van der Waals surface area contributed by atoms with Gasteiger partial charge in [0.05, 0.1) is 28.0 Å². The van der Waals surface area contributed by atoms with Gasteiger partial charge in [-0.05, 0) is 30.9 Å². The maximum atomic E-state index is 14.5. The summed E-state index contributed by atoms with van der Waals surface area (Å²) in [6.45, 7) is 1.81. The summed E-state index contributed by atoms with van der Waals surface area (Å²) in [4.78, 5) is 15.1. The van der Waals surface area contributed by atoms with Gasteiger partial charge in [0.2, 0.25) is 0 Å². The largest absolute Gasteiger partial charge is 0.396 e. The molecule has 1 saturated heterocycles. The molecule has 2 aromatic heterocycles. The highest BCUT2D eigenvalue weighted by Gasteiger charge is 2.20. The van der Waals surface area contributed by atoms with Crippen LogP contribution in [0.4, 0.5) is 33.2 Å². The second-order valence-electron chi connectivity index (χ2n) is 7.85. The standard InChI is InChI=1S/C23H22ClFN8O/c24-17-5-15(9-26)6-18(25)23(17)31-19-7-20(28-11-16(19)10-27)32-21-8-22(30-13-29-21)33-3-1-14(12-34)2-4-33/h5-8,10-11,13-14,27,34H,1-4,12H2,(H2,28,29,30,31,32). The normalized spacial score (nSPS) is 13.9. The van der Waals surface area contributed by atoms with E-state index in [0.29, 0.717) is 28.8 Å². The zero-order valence-corrected chi connectivity index (χ0v) is 18.8. The number of aromatic nitrogens is 3. The third-order valence-electron chi connectivity index (χ3n) is 5.63. The van der Waals surface area contributed by atoms with E-state index in [-0.39, 0.29) is 22.9 Å². The number of aliphatic hydroxyl groups is 1. The minimum atomic E-state index is -0.684. The van der Waals surface area contributed by atoms with Crippen molar-refractivity contribution >= 4 is 46.6 Å². The van der Waals surface area contributed by atoms with Crippen molar-refractivity contribution in [2.45, 2.75) is 12.8 Å². The van der Waals surface area contributed by atoms with Crippen LogP contribution < -0.4 is 15.5 Å². The lowest BCUT2D eigenvalue weighted by Crippen LogP contribution is -2.35. The van der Waals surface area contributed by atoms with Crippen molar-refractivity contribution in [3.05, 3.63) is 58.8 Å². The van der Waals surface area contributed by atoms with Crippen molar-refractivity contribution < 1.29 is 9.50 Å². The molecule has 0 amide bonds. The van der Waals surface area contributed by atoms with Crippen LogP contribution in [0.25, 0.3) is 0 Å². The van der Waals surface area contributed by atoms with Crippen molar-refractivity contribution in [2.75, 3.05) is 35.2 Å². The van der Waals surface area contributed by atoms with Crippen LogP contribution in [-0.4, -0.2) is 46.0 Å². The molecule has 0 spiro atoms. The molecule has 1 fully saturated rings. The van der Waals surface area contributed by atoms with Crippen LogP contribution in [-0.2, 0) is 0 Å². The van der Waals surface area contributed by atoms with E-state index in [2.05, 4.69) is 30.5 Å². The van der Waals surface area contributed by atoms with Gasteiger partial charge in [-0.1, -0.05) is 11.6 Å². The molecule has 34 heavy (non-hydrogen) atoms. The highest BCUT2D eigenvalue weighted by molar-refractivity contribution is 6.33. The number of aliphatic hydroxyl groups excluding tert-OH is 1. The lowest BCUT2D eigenvalue weighted by molar-refractivity contribution is 0.203. The van der Waals surface area contributed by atoms with Crippen LogP contribution >= 0.6 is 11.6 Å². The summed E-state index contributed by atoms with van der Waals surface area (Å²) < 4.78 is 14.5. The fourth-order valence-corrected chi connectivity index (χ4v) is 3.97. The van der Waals surface area contributed by atoms with E-state index < -0.39 is 5.82 Å². The average molecular weight is 481 g/mol. The molecule has 0 saturated carbocycles. The first-order valence-electron chi connectivity index (χ1n) is 10.6. The van der Waals surface area contributed by atoms with Gasteiger partial charge in [0.25, 0.3) is 0 Å². The molecule has 0 radical (unpaired) electrons. The third kappa shape index (κ3) is 5.22. The van der Waals surface area contributed by atoms with Crippen LogP contribution in [0.15, 0.2) is 36.8 Å². The second kappa shape index (κ2) is 10.4. The van der Waals surface area contributed by atoms with Crippen molar-refractivity contribution in [2.24, 2.45) is 5.92 Å². The quantitative estimate of drug-likeness (QED) is 0.369. The molecule has 9 nitrogen and oxygen atoms in total. The summed E-state index contributed by atoms with van der Waals surface area (Å²) >= 11 is 6.16. The Morgan fingerprint density at radius 1 is 1.18 bits per heavy atom. The average Bonchev–Trinajstić information content (AvgIpc) is 2.86. The predicted molar refractivity (Wildman–Crippen MR) is 129 cm³/mol. The number of halogens is 2. The van der Waals surface area contributed by atoms with Gasteiger partial charge in [-0.2, -0.15) is 5.26 Å². The molecule has 3 aromatic rings. The van der Waals surface area contributed by atoms with Gasteiger partial charge in [0, 0.05) is 49.8 Å². The second-order valence-corrected chi connectivity index (χ2v) is 8.26. The number of rotatable bonds is 7. The number of nitriles is 1. The molecule has 1 aromatic carbocycles. The molecule has 11 heteroatoms. The number of benzene rings is 1. The lowest BCUT2D eigenvalue weighted by atomic mass is 9.98. The number of hydrogen-bond acceptors (Lipinski definition) is 9. The van der Waals surface area contributed by atoms with Crippen molar-refractivity contribution in [3.63, 3.8) is 0 Å². The van der Waals surface area contributed by atoms with Crippen molar-refractivity contribution in [3.8, 4) is 6.07 Å². The molecule has 174 valence electrons. The number of piperidine rings is 1. The van der Waals surface area contributed by atoms with Gasteiger partial charge in [-0.15, -0.1) is 0 Å². The molecule has 0 atom stereocenters. The minimum Gasteiger partial charge on any atom is -0.396 e. The minimum absolute atomic E-state index is 0.00322. The monoisotopic (exact) mass is 480 g/mol. The van der Waals surface area contributed by atoms with Crippen LogP contribution in [0.5, 0.6) is 0 Å². The Balaban J connectivity index is 1.55. The molecule has 0 aliphatic carbocycles. The van der Waals surface area contributed by atoms with E-state index in [9.17, 15) is 9.50 Å². The van der Waals surface area contributed by atoms with E-state index in [1.807, 2.05) is 12.1 Å². The number of pyridine rings is 1. The molecule has 4 rings (SSSR count). The Hall–Kier alpha value is -3.81. The number of nitrogens with zero attached hydrogens (tertiary/aromatic N) is 5. The van der Waals surface area contributed by atoms with E-state index in [1.165, 1.54) is 18.6 Å². The number of hydrogen-bond donors (Lipinski definition) is 4. The topological polar surface area (TPSA) is 134 Å². The molecule has 0 unspecified atom stereocenters. The molecular formula is C23H22ClFN8O. The van der Waals surface area contributed by atoms with Crippen LogP contribution in [0, 0.1) is 28.5 Å². The van der Waals surface area contributed by atoms with E-state index in [1.54, 1.807) is 6.07 Å². The molecule has 1 aliphatic heterocycles. The third-order valence-corrected chi connectivity index (χ3v) is 5.92. The lowest BCUT2D eigenvalue weighted by Gasteiger charge is -2.31. The van der Waals surface area contributed by atoms with Gasteiger partial charge >= 0.3 is 0 Å². The highest BCUT2D eigenvalue weighted by atomic mass is 35.5. The van der Waals surface area contributed by atoms with E-state index in [0.717, 1.165) is 44.0 Å².